The molecule has 0 spiro atoms. The zero-order valence-electron chi connectivity index (χ0n) is 11.1. The number of halogens is 2. The normalized spacial score (nSPS) is 21.4. The van der Waals surface area contributed by atoms with Crippen LogP contribution in [-0.2, 0) is 6.42 Å². The van der Waals surface area contributed by atoms with Crippen LogP contribution in [0.5, 0.6) is 0 Å². The topological polar surface area (TPSA) is 20.2 Å². The maximum absolute atomic E-state index is 11.1. The molecular weight excluding hydrogens is 267 g/mol. The summed E-state index contributed by atoms with van der Waals surface area (Å²) < 4.78 is 0. The molecule has 100 valence electrons. The fraction of sp³-hybridized carbons (Fsp3) is 0.600. The van der Waals surface area contributed by atoms with Gasteiger partial charge in [0, 0.05) is 11.4 Å². The van der Waals surface area contributed by atoms with Gasteiger partial charge in [-0.1, -0.05) is 50.6 Å². The molecule has 0 saturated heterocycles. The Morgan fingerprint density at radius 1 is 1.22 bits per heavy atom. The third kappa shape index (κ3) is 2.29. The third-order valence-electron chi connectivity index (χ3n) is 4.08. The summed E-state index contributed by atoms with van der Waals surface area (Å²) in [6, 6.07) is 7.66. The average molecular weight is 287 g/mol. The highest BCUT2D eigenvalue weighted by Crippen LogP contribution is 2.58. The van der Waals surface area contributed by atoms with Crippen LogP contribution in [0.1, 0.15) is 39.2 Å². The fourth-order valence-corrected chi connectivity index (χ4v) is 3.18. The maximum atomic E-state index is 11.1. The number of alkyl halides is 1. The SMILES string of the molecule is CC(C)(C)C(O)(Cc1ccccc1Cl)C1(Cl)CC1. The van der Waals surface area contributed by atoms with E-state index in [2.05, 4.69) is 0 Å². The minimum atomic E-state index is -0.938. The molecule has 0 aromatic heterocycles. The Balaban J connectivity index is 2.36. The number of benzene rings is 1. The van der Waals surface area contributed by atoms with Gasteiger partial charge < -0.3 is 5.11 Å². The smallest absolute Gasteiger partial charge is 0.0927 e. The molecule has 3 heteroatoms. The van der Waals surface area contributed by atoms with E-state index >= 15 is 0 Å². The van der Waals surface area contributed by atoms with Crippen LogP contribution in [0.15, 0.2) is 24.3 Å². The Labute approximate surface area is 119 Å². The van der Waals surface area contributed by atoms with Crippen molar-refractivity contribution in [2.75, 3.05) is 0 Å². The Morgan fingerprint density at radius 3 is 2.22 bits per heavy atom. The Bertz CT molecular complexity index is 439. The predicted octanol–water partition coefficient (Wildman–Crippen LogP) is 4.43. The Kier molecular flexibility index (Phi) is 3.46. The van der Waals surface area contributed by atoms with Crippen LogP contribution in [0.25, 0.3) is 0 Å². The molecule has 0 aliphatic heterocycles. The second kappa shape index (κ2) is 4.40. The lowest BCUT2D eigenvalue weighted by Crippen LogP contribution is -2.53. The molecule has 0 radical (unpaired) electrons. The molecule has 0 bridgehead atoms. The Hall–Kier alpha value is -0.240. The lowest BCUT2D eigenvalue weighted by atomic mass is 9.69. The molecule has 1 aromatic rings. The van der Waals surface area contributed by atoms with Crippen molar-refractivity contribution in [2.45, 2.75) is 50.5 Å². The fourth-order valence-electron chi connectivity index (χ4n) is 2.54. The molecule has 1 unspecified atom stereocenters. The number of hydrogen-bond donors (Lipinski definition) is 1. The van der Waals surface area contributed by atoms with E-state index in [1.807, 2.05) is 45.0 Å². The molecule has 1 fully saturated rings. The quantitative estimate of drug-likeness (QED) is 0.815. The summed E-state index contributed by atoms with van der Waals surface area (Å²) in [6.45, 7) is 6.10. The highest BCUT2D eigenvalue weighted by atomic mass is 35.5. The van der Waals surface area contributed by atoms with Gasteiger partial charge in [0.25, 0.3) is 0 Å². The molecule has 2 rings (SSSR count). The van der Waals surface area contributed by atoms with Crippen LogP contribution < -0.4 is 0 Å². The van der Waals surface area contributed by atoms with Crippen LogP contribution in [0.2, 0.25) is 5.02 Å². The first kappa shape index (κ1) is 14.2. The molecule has 0 amide bonds. The van der Waals surface area contributed by atoms with Crippen molar-refractivity contribution in [1.82, 2.24) is 0 Å². The van der Waals surface area contributed by atoms with Gasteiger partial charge in [-0.3, -0.25) is 0 Å². The predicted molar refractivity (Wildman–Crippen MR) is 77.4 cm³/mol. The van der Waals surface area contributed by atoms with Gasteiger partial charge in [0.2, 0.25) is 0 Å². The van der Waals surface area contributed by atoms with Gasteiger partial charge in [-0.15, -0.1) is 11.6 Å². The number of rotatable bonds is 3. The molecule has 1 aliphatic carbocycles. The van der Waals surface area contributed by atoms with Crippen molar-refractivity contribution < 1.29 is 5.11 Å². The van der Waals surface area contributed by atoms with Crippen LogP contribution >= 0.6 is 23.2 Å². The van der Waals surface area contributed by atoms with Crippen LogP contribution in [0.3, 0.4) is 0 Å². The van der Waals surface area contributed by atoms with Gasteiger partial charge in [-0.2, -0.15) is 0 Å². The summed E-state index contributed by atoms with van der Waals surface area (Å²) >= 11 is 12.7. The minimum absolute atomic E-state index is 0.287. The molecule has 1 saturated carbocycles. The first-order chi connectivity index (χ1) is 8.20. The molecule has 1 nitrogen and oxygen atoms in total. The van der Waals surface area contributed by atoms with E-state index in [1.54, 1.807) is 0 Å². The molecule has 1 N–H and O–H groups in total. The summed E-state index contributed by atoms with van der Waals surface area (Å²) in [7, 11) is 0. The van der Waals surface area contributed by atoms with Crippen LogP contribution in [0, 0.1) is 5.41 Å². The van der Waals surface area contributed by atoms with Crippen molar-refractivity contribution in [1.29, 1.82) is 0 Å². The molecule has 18 heavy (non-hydrogen) atoms. The van der Waals surface area contributed by atoms with Gasteiger partial charge in [0.1, 0.15) is 0 Å². The van der Waals surface area contributed by atoms with Crippen LogP contribution in [0.4, 0.5) is 0 Å². The van der Waals surface area contributed by atoms with E-state index in [4.69, 9.17) is 23.2 Å². The Morgan fingerprint density at radius 2 is 1.78 bits per heavy atom. The van der Waals surface area contributed by atoms with Crippen molar-refractivity contribution in [3.05, 3.63) is 34.9 Å². The first-order valence-electron chi connectivity index (χ1n) is 6.34. The minimum Gasteiger partial charge on any atom is -0.387 e. The van der Waals surface area contributed by atoms with Crippen molar-refractivity contribution in [3.8, 4) is 0 Å². The zero-order valence-corrected chi connectivity index (χ0v) is 12.6. The number of aliphatic hydroxyl groups is 1. The van der Waals surface area contributed by atoms with Gasteiger partial charge >= 0.3 is 0 Å². The van der Waals surface area contributed by atoms with Gasteiger partial charge in [-0.05, 0) is 29.9 Å². The standard InChI is InChI=1S/C15H20Cl2O/c1-13(2,3)15(18,14(17)8-9-14)10-11-6-4-5-7-12(11)16/h4-7,18H,8-10H2,1-3H3. The zero-order chi connectivity index (χ0) is 13.6. The van der Waals surface area contributed by atoms with Crippen molar-refractivity contribution in [3.63, 3.8) is 0 Å². The third-order valence-corrected chi connectivity index (χ3v) is 5.13. The lowest BCUT2D eigenvalue weighted by Gasteiger charge is -2.44. The molecular formula is C15H20Cl2O. The second-order valence-corrected chi connectivity index (χ2v) is 7.47. The van der Waals surface area contributed by atoms with E-state index in [0.717, 1.165) is 18.4 Å². The molecule has 1 aliphatic rings. The van der Waals surface area contributed by atoms with E-state index in [-0.39, 0.29) is 5.41 Å². The molecule has 1 atom stereocenters. The van der Waals surface area contributed by atoms with Gasteiger partial charge in [0.05, 0.1) is 10.5 Å². The summed E-state index contributed by atoms with van der Waals surface area (Å²) in [5, 5.41) is 11.8. The van der Waals surface area contributed by atoms with E-state index < -0.39 is 10.5 Å². The van der Waals surface area contributed by atoms with Crippen molar-refractivity contribution in [2.24, 2.45) is 5.41 Å². The maximum Gasteiger partial charge on any atom is 0.0927 e. The van der Waals surface area contributed by atoms with Crippen LogP contribution in [-0.4, -0.2) is 15.6 Å². The largest absolute Gasteiger partial charge is 0.387 e. The summed E-state index contributed by atoms with van der Waals surface area (Å²) in [5.41, 5.74) is -0.264. The summed E-state index contributed by atoms with van der Waals surface area (Å²) in [4.78, 5) is -0.496. The molecule has 1 aromatic carbocycles. The first-order valence-corrected chi connectivity index (χ1v) is 7.10. The highest BCUT2D eigenvalue weighted by Gasteiger charge is 2.62. The monoisotopic (exact) mass is 286 g/mol. The van der Waals surface area contributed by atoms with Crippen molar-refractivity contribution >= 4 is 23.2 Å². The van der Waals surface area contributed by atoms with Gasteiger partial charge in [0.15, 0.2) is 0 Å². The molecule has 0 heterocycles. The lowest BCUT2D eigenvalue weighted by molar-refractivity contribution is -0.0673. The summed E-state index contributed by atoms with van der Waals surface area (Å²) in [6.07, 6.45) is 2.24. The second-order valence-electron chi connectivity index (χ2n) is 6.34. The van der Waals surface area contributed by atoms with Gasteiger partial charge in [-0.25, -0.2) is 0 Å². The van der Waals surface area contributed by atoms with E-state index in [1.165, 1.54) is 0 Å². The summed E-state index contributed by atoms with van der Waals surface area (Å²) in [5.74, 6) is 0. The highest BCUT2D eigenvalue weighted by molar-refractivity contribution is 6.31. The average Bonchev–Trinajstić information content (AvgIpc) is 3.00. The number of hydrogen-bond acceptors (Lipinski definition) is 1. The van der Waals surface area contributed by atoms with E-state index in [0.29, 0.717) is 11.4 Å². The van der Waals surface area contributed by atoms with E-state index in [9.17, 15) is 5.11 Å².